The van der Waals surface area contributed by atoms with E-state index in [0.29, 0.717) is 13.0 Å². The Hall–Kier alpha value is -1.79. The van der Waals surface area contributed by atoms with Crippen molar-refractivity contribution >= 4 is 17.2 Å². The van der Waals surface area contributed by atoms with Gasteiger partial charge in [-0.15, -0.1) is 11.3 Å². The second-order valence-electron chi connectivity index (χ2n) is 4.94. The fraction of sp³-hybridized carbons (Fsp3) is 0.438. The van der Waals surface area contributed by atoms with Gasteiger partial charge in [-0.2, -0.15) is 0 Å². The minimum atomic E-state index is 0.0233. The molecule has 0 aliphatic rings. The number of pyridine rings is 1. The van der Waals surface area contributed by atoms with Crippen LogP contribution in [0.3, 0.4) is 0 Å². The van der Waals surface area contributed by atoms with Crippen LogP contribution in [0.4, 0.5) is 0 Å². The summed E-state index contributed by atoms with van der Waals surface area (Å²) in [5.74, 6) is 0.0233. The van der Waals surface area contributed by atoms with Gasteiger partial charge in [0.25, 0.3) is 0 Å². The molecular weight excluding hydrogens is 296 g/mol. The molecule has 2 rings (SSSR count). The maximum absolute atomic E-state index is 11.9. The quantitative estimate of drug-likeness (QED) is 0.811. The van der Waals surface area contributed by atoms with Crippen molar-refractivity contribution in [2.75, 3.05) is 26.2 Å². The highest BCUT2D eigenvalue weighted by molar-refractivity contribution is 7.13. The molecule has 0 radical (unpaired) electrons. The molecule has 2 aromatic rings. The number of aromatic nitrogens is 2. The summed E-state index contributed by atoms with van der Waals surface area (Å²) in [6.07, 6.45) is 3.85. The normalized spacial score (nSPS) is 10.9. The lowest BCUT2D eigenvalue weighted by Crippen LogP contribution is -2.35. The summed E-state index contributed by atoms with van der Waals surface area (Å²) in [5, 5.41) is 5.79. The predicted octanol–water partition coefficient (Wildman–Crippen LogP) is 2.21. The van der Waals surface area contributed by atoms with Gasteiger partial charge in [-0.1, -0.05) is 13.8 Å². The fourth-order valence-corrected chi connectivity index (χ4v) is 2.94. The van der Waals surface area contributed by atoms with E-state index in [2.05, 4.69) is 34.0 Å². The number of carbonyl (C=O) groups excluding carboxylic acids is 1. The number of nitrogens with zero attached hydrogens (tertiary/aromatic N) is 3. The summed E-state index contributed by atoms with van der Waals surface area (Å²) in [5.41, 5.74) is 1.80. The molecule has 118 valence electrons. The van der Waals surface area contributed by atoms with Gasteiger partial charge in [-0.3, -0.25) is 9.78 Å². The Morgan fingerprint density at radius 2 is 2.18 bits per heavy atom. The first kappa shape index (κ1) is 16.6. The molecule has 0 saturated heterocycles. The van der Waals surface area contributed by atoms with Crippen LogP contribution in [-0.4, -0.2) is 47.0 Å². The molecule has 0 saturated carbocycles. The lowest BCUT2D eigenvalue weighted by Gasteiger charge is -2.17. The third kappa shape index (κ3) is 4.89. The molecule has 2 heterocycles. The molecule has 1 amide bonds. The van der Waals surface area contributed by atoms with Crippen molar-refractivity contribution in [3.63, 3.8) is 0 Å². The summed E-state index contributed by atoms with van der Waals surface area (Å²) < 4.78 is 0. The first-order valence-electron chi connectivity index (χ1n) is 7.56. The van der Waals surface area contributed by atoms with E-state index in [1.807, 2.05) is 17.5 Å². The topological polar surface area (TPSA) is 58.1 Å². The smallest absolute Gasteiger partial charge is 0.226 e. The number of nitrogens with one attached hydrogen (secondary N) is 1. The number of hydrogen-bond acceptors (Lipinski definition) is 5. The van der Waals surface area contributed by atoms with Crippen LogP contribution in [0.25, 0.3) is 10.6 Å². The molecule has 5 nitrogen and oxygen atoms in total. The second-order valence-corrected chi connectivity index (χ2v) is 5.80. The second kappa shape index (κ2) is 8.60. The maximum Gasteiger partial charge on any atom is 0.226 e. The van der Waals surface area contributed by atoms with E-state index in [0.717, 1.165) is 35.9 Å². The van der Waals surface area contributed by atoms with Gasteiger partial charge in [0, 0.05) is 36.4 Å². The molecule has 22 heavy (non-hydrogen) atoms. The zero-order chi connectivity index (χ0) is 15.8. The van der Waals surface area contributed by atoms with Gasteiger partial charge in [-0.25, -0.2) is 4.98 Å². The van der Waals surface area contributed by atoms with Crippen molar-refractivity contribution < 1.29 is 4.79 Å². The minimum absolute atomic E-state index is 0.0233. The zero-order valence-corrected chi connectivity index (χ0v) is 13.9. The molecular formula is C16H22N4OS. The Kier molecular flexibility index (Phi) is 6.48. The van der Waals surface area contributed by atoms with Gasteiger partial charge < -0.3 is 10.2 Å². The van der Waals surface area contributed by atoms with Crippen molar-refractivity contribution in [2.45, 2.75) is 20.3 Å². The van der Waals surface area contributed by atoms with Crippen LogP contribution in [0.5, 0.6) is 0 Å². The zero-order valence-electron chi connectivity index (χ0n) is 13.1. The van der Waals surface area contributed by atoms with Crippen LogP contribution in [0.15, 0.2) is 29.9 Å². The highest BCUT2D eigenvalue weighted by atomic mass is 32.1. The lowest BCUT2D eigenvalue weighted by molar-refractivity contribution is -0.120. The monoisotopic (exact) mass is 318 g/mol. The molecule has 0 atom stereocenters. The van der Waals surface area contributed by atoms with Crippen LogP contribution in [-0.2, 0) is 11.2 Å². The highest BCUT2D eigenvalue weighted by Gasteiger charge is 2.09. The average Bonchev–Trinajstić information content (AvgIpc) is 3.01. The summed E-state index contributed by atoms with van der Waals surface area (Å²) >= 11 is 1.54. The number of thiazole rings is 1. The molecule has 2 aromatic heterocycles. The average molecular weight is 318 g/mol. The summed E-state index contributed by atoms with van der Waals surface area (Å²) in [7, 11) is 0. The molecule has 0 aromatic carbocycles. The highest BCUT2D eigenvalue weighted by Crippen LogP contribution is 2.22. The van der Waals surface area contributed by atoms with Crippen molar-refractivity contribution in [1.82, 2.24) is 20.2 Å². The Bertz CT molecular complexity index is 581. The van der Waals surface area contributed by atoms with E-state index in [9.17, 15) is 4.79 Å². The van der Waals surface area contributed by atoms with Gasteiger partial charge in [-0.05, 0) is 25.2 Å². The van der Waals surface area contributed by atoms with Crippen molar-refractivity contribution in [2.24, 2.45) is 0 Å². The Morgan fingerprint density at radius 1 is 1.36 bits per heavy atom. The van der Waals surface area contributed by atoms with Gasteiger partial charge in [0.15, 0.2) is 0 Å². The Morgan fingerprint density at radius 3 is 2.86 bits per heavy atom. The standard InChI is InChI=1S/C16H22N4OS/c1-3-20(4-2)9-8-18-15(21)10-14-12-22-16(19-14)13-6-5-7-17-11-13/h5-7,11-12H,3-4,8-10H2,1-2H3,(H,18,21). The molecule has 1 N–H and O–H groups in total. The van der Waals surface area contributed by atoms with Crippen molar-refractivity contribution in [3.05, 3.63) is 35.6 Å². The van der Waals surface area contributed by atoms with E-state index >= 15 is 0 Å². The van der Waals surface area contributed by atoms with E-state index in [1.54, 1.807) is 23.7 Å². The molecule has 0 fully saturated rings. The lowest BCUT2D eigenvalue weighted by atomic mass is 10.3. The summed E-state index contributed by atoms with van der Waals surface area (Å²) in [6, 6.07) is 3.86. The largest absolute Gasteiger partial charge is 0.354 e. The van der Waals surface area contributed by atoms with Crippen LogP contribution in [0, 0.1) is 0 Å². The fourth-order valence-electron chi connectivity index (χ4n) is 2.13. The molecule has 0 spiro atoms. The van der Waals surface area contributed by atoms with Gasteiger partial charge in [0.05, 0.1) is 12.1 Å². The van der Waals surface area contributed by atoms with Crippen molar-refractivity contribution in [1.29, 1.82) is 0 Å². The SMILES string of the molecule is CCN(CC)CCNC(=O)Cc1csc(-c2cccnc2)n1. The predicted molar refractivity (Wildman–Crippen MR) is 89.8 cm³/mol. The molecule has 0 aliphatic carbocycles. The van der Waals surface area contributed by atoms with E-state index in [4.69, 9.17) is 0 Å². The molecule has 0 aliphatic heterocycles. The van der Waals surface area contributed by atoms with Gasteiger partial charge in [0.1, 0.15) is 5.01 Å². The number of carbonyl (C=O) groups is 1. The van der Waals surface area contributed by atoms with E-state index in [1.165, 1.54) is 0 Å². The first-order chi connectivity index (χ1) is 10.7. The third-order valence-corrected chi connectivity index (χ3v) is 4.39. The maximum atomic E-state index is 11.9. The summed E-state index contributed by atoms with van der Waals surface area (Å²) in [6.45, 7) is 7.83. The number of hydrogen-bond donors (Lipinski definition) is 1. The van der Waals surface area contributed by atoms with Gasteiger partial charge in [0.2, 0.25) is 5.91 Å². The number of likely N-dealkylation sites (N-methyl/N-ethyl adjacent to an activating group) is 1. The first-order valence-corrected chi connectivity index (χ1v) is 8.44. The van der Waals surface area contributed by atoms with Gasteiger partial charge >= 0.3 is 0 Å². The van der Waals surface area contributed by atoms with Crippen LogP contribution >= 0.6 is 11.3 Å². The number of amides is 1. The van der Waals surface area contributed by atoms with E-state index < -0.39 is 0 Å². The Balaban J connectivity index is 1.81. The Labute approximate surface area is 135 Å². The molecule has 6 heteroatoms. The van der Waals surface area contributed by atoms with E-state index in [-0.39, 0.29) is 5.91 Å². The minimum Gasteiger partial charge on any atom is -0.354 e. The molecule has 0 unspecified atom stereocenters. The van der Waals surface area contributed by atoms with Crippen LogP contribution in [0.1, 0.15) is 19.5 Å². The van der Waals surface area contributed by atoms with Crippen molar-refractivity contribution in [3.8, 4) is 10.6 Å². The summed E-state index contributed by atoms with van der Waals surface area (Å²) in [4.78, 5) is 22.8. The van der Waals surface area contributed by atoms with Crippen LogP contribution < -0.4 is 5.32 Å². The molecule has 0 bridgehead atoms. The van der Waals surface area contributed by atoms with Crippen LogP contribution in [0.2, 0.25) is 0 Å². The third-order valence-electron chi connectivity index (χ3n) is 3.45. The number of rotatable bonds is 8.